The normalized spacial score (nSPS) is 13.6. The Bertz CT molecular complexity index is 1250. The zero-order valence-corrected chi connectivity index (χ0v) is 19.9. The second kappa shape index (κ2) is 11.9. The lowest BCUT2D eigenvalue weighted by molar-refractivity contribution is 0.0657. The molecule has 11 nitrogen and oxygen atoms in total. The van der Waals surface area contributed by atoms with E-state index in [1.165, 1.54) is 18.5 Å². The summed E-state index contributed by atoms with van der Waals surface area (Å²) in [6, 6.07) is 8.27. The Kier molecular flexibility index (Phi) is 8.18. The fourth-order valence-corrected chi connectivity index (χ4v) is 3.91. The number of ether oxygens (including phenoxy) is 2. The second-order valence-corrected chi connectivity index (χ2v) is 8.43. The topological polar surface area (TPSA) is 156 Å². The van der Waals surface area contributed by atoms with E-state index in [1.54, 1.807) is 36.7 Å². The molecule has 1 aromatic carbocycles. The van der Waals surface area contributed by atoms with Crippen LogP contribution in [0.3, 0.4) is 0 Å². The SMILES string of the molecule is N=C(N)NC(=O)OCc1cccc(-c2cnc(OCC3CCN(C(=O)c4ccncc4)CC3)nc2)c1F. The van der Waals surface area contributed by atoms with Gasteiger partial charge < -0.3 is 20.1 Å². The van der Waals surface area contributed by atoms with Crippen molar-refractivity contribution < 1.29 is 23.5 Å². The van der Waals surface area contributed by atoms with Crippen LogP contribution in [0.2, 0.25) is 0 Å². The number of aromatic nitrogens is 3. The molecular weight excluding hydrogens is 481 g/mol. The Morgan fingerprint density at radius 1 is 1.14 bits per heavy atom. The average Bonchev–Trinajstić information content (AvgIpc) is 2.92. The Balaban J connectivity index is 1.28. The lowest BCUT2D eigenvalue weighted by Crippen LogP contribution is -2.39. The van der Waals surface area contributed by atoms with Crippen LogP contribution in [0.5, 0.6) is 6.01 Å². The van der Waals surface area contributed by atoms with Crippen LogP contribution in [0.25, 0.3) is 11.1 Å². The lowest BCUT2D eigenvalue weighted by Gasteiger charge is -2.31. The molecule has 12 heteroatoms. The van der Waals surface area contributed by atoms with Gasteiger partial charge in [-0.05, 0) is 30.9 Å². The highest BCUT2D eigenvalue weighted by Crippen LogP contribution is 2.25. The Labute approximate surface area is 212 Å². The molecule has 1 aliphatic rings. The van der Waals surface area contributed by atoms with Gasteiger partial charge in [0.25, 0.3) is 5.91 Å². The van der Waals surface area contributed by atoms with Gasteiger partial charge in [0.1, 0.15) is 12.4 Å². The number of amides is 2. The molecule has 0 aliphatic carbocycles. The highest BCUT2D eigenvalue weighted by molar-refractivity contribution is 5.94. The fourth-order valence-electron chi connectivity index (χ4n) is 3.91. The lowest BCUT2D eigenvalue weighted by atomic mass is 9.97. The number of nitrogens with one attached hydrogen (secondary N) is 2. The highest BCUT2D eigenvalue weighted by Gasteiger charge is 2.24. The predicted molar refractivity (Wildman–Crippen MR) is 131 cm³/mol. The van der Waals surface area contributed by atoms with Gasteiger partial charge in [-0.2, -0.15) is 0 Å². The summed E-state index contributed by atoms with van der Waals surface area (Å²) in [6.07, 6.45) is 6.80. The van der Waals surface area contributed by atoms with Gasteiger partial charge in [-0.1, -0.05) is 18.2 Å². The van der Waals surface area contributed by atoms with Gasteiger partial charge in [0.05, 0.1) is 6.61 Å². The number of pyridine rings is 1. The number of piperidine rings is 1. The quantitative estimate of drug-likeness (QED) is 0.325. The van der Waals surface area contributed by atoms with Crippen molar-refractivity contribution in [1.82, 2.24) is 25.2 Å². The summed E-state index contributed by atoms with van der Waals surface area (Å²) in [7, 11) is 0. The van der Waals surface area contributed by atoms with Crippen LogP contribution in [0, 0.1) is 17.1 Å². The van der Waals surface area contributed by atoms with E-state index < -0.39 is 17.9 Å². The number of nitrogens with two attached hydrogens (primary N) is 1. The van der Waals surface area contributed by atoms with E-state index in [-0.39, 0.29) is 35.6 Å². The standard InChI is InChI=1S/C25H26FN7O4/c26-21-18(15-37-25(35)32-23(27)28)2-1-3-20(21)19-12-30-24(31-13-19)36-14-16-6-10-33(11-7-16)22(34)17-4-8-29-9-5-17/h1-5,8-9,12-13,16H,6-7,10-11,14-15H2,(H4,27,28,32,35). The number of guanidine groups is 1. The summed E-state index contributed by atoms with van der Waals surface area (Å²) >= 11 is 0. The molecule has 0 bridgehead atoms. The van der Waals surface area contributed by atoms with Crippen molar-refractivity contribution in [3.05, 3.63) is 72.1 Å². The molecule has 1 fully saturated rings. The summed E-state index contributed by atoms with van der Waals surface area (Å²) in [4.78, 5) is 38.2. The first-order chi connectivity index (χ1) is 17.9. The molecule has 0 radical (unpaired) electrons. The van der Waals surface area contributed by atoms with Crippen molar-refractivity contribution in [2.45, 2.75) is 19.4 Å². The Morgan fingerprint density at radius 3 is 2.51 bits per heavy atom. The molecule has 4 rings (SSSR count). The van der Waals surface area contributed by atoms with E-state index in [0.29, 0.717) is 30.8 Å². The molecule has 192 valence electrons. The Morgan fingerprint density at radius 2 is 1.84 bits per heavy atom. The maximum atomic E-state index is 15.0. The number of alkyl carbamates (subject to hydrolysis) is 1. The number of likely N-dealkylation sites (tertiary alicyclic amines) is 1. The molecule has 2 aromatic heterocycles. The van der Waals surface area contributed by atoms with Crippen molar-refractivity contribution >= 4 is 18.0 Å². The molecule has 0 unspecified atom stereocenters. The largest absolute Gasteiger partial charge is 0.463 e. The molecular formula is C25H26FN7O4. The van der Waals surface area contributed by atoms with Gasteiger partial charge >= 0.3 is 12.1 Å². The van der Waals surface area contributed by atoms with Crippen LogP contribution in [-0.4, -0.2) is 57.5 Å². The number of hydrogen-bond acceptors (Lipinski definition) is 8. The number of carbonyl (C=O) groups excluding carboxylic acids is 2. The monoisotopic (exact) mass is 507 g/mol. The average molecular weight is 508 g/mol. The highest BCUT2D eigenvalue weighted by atomic mass is 19.1. The molecule has 1 aliphatic heterocycles. The zero-order chi connectivity index (χ0) is 26.2. The van der Waals surface area contributed by atoms with Crippen LogP contribution in [-0.2, 0) is 11.3 Å². The van der Waals surface area contributed by atoms with Crippen molar-refractivity contribution in [2.24, 2.45) is 11.7 Å². The minimum atomic E-state index is -0.951. The summed E-state index contributed by atoms with van der Waals surface area (Å²) in [6.45, 7) is 1.36. The van der Waals surface area contributed by atoms with Gasteiger partial charge in [-0.25, -0.2) is 19.2 Å². The third-order valence-electron chi connectivity index (χ3n) is 5.89. The minimum Gasteiger partial charge on any atom is -0.463 e. The summed E-state index contributed by atoms with van der Waals surface area (Å²) < 4.78 is 25.6. The number of hydrogen-bond donors (Lipinski definition) is 3. The number of carbonyl (C=O) groups is 2. The summed E-state index contributed by atoms with van der Waals surface area (Å²) in [5, 5.41) is 8.97. The molecule has 4 N–H and O–H groups in total. The Hall–Kier alpha value is -4.61. The van der Waals surface area contributed by atoms with E-state index in [2.05, 4.69) is 15.0 Å². The first kappa shape index (κ1) is 25.5. The molecule has 3 heterocycles. The third kappa shape index (κ3) is 6.75. The number of benzene rings is 1. The summed E-state index contributed by atoms with van der Waals surface area (Å²) in [5.41, 5.74) is 6.51. The van der Waals surface area contributed by atoms with Crippen molar-refractivity contribution in [3.8, 4) is 17.1 Å². The van der Waals surface area contributed by atoms with Gasteiger partial charge in [0.2, 0.25) is 0 Å². The van der Waals surface area contributed by atoms with E-state index in [0.717, 1.165) is 12.8 Å². The molecule has 37 heavy (non-hydrogen) atoms. The van der Waals surface area contributed by atoms with Crippen LogP contribution >= 0.6 is 0 Å². The van der Waals surface area contributed by atoms with E-state index >= 15 is 0 Å². The van der Waals surface area contributed by atoms with Gasteiger partial charge in [0, 0.05) is 60.1 Å². The van der Waals surface area contributed by atoms with E-state index in [9.17, 15) is 14.0 Å². The zero-order valence-electron chi connectivity index (χ0n) is 19.9. The van der Waals surface area contributed by atoms with Gasteiger partial charge in [0.15, 0.2) is 5.96 Å². The smallest absolute Gasteiger partial charge is 0.414 e. The number of nitrogens with zero attached hydrogens (tertiary/aromatic N) is 4. The maximum Gasteiger partial charge on any atom is 0.414 e. The first-order valence-electron chi connectivity index (χ1n) is 11.6. The molecule has 0 atom stereocenters. The minimum absolute atomic E-state index is 0.00267. The van der Waals surface area contributed by atoms with Crippen molar-refractivity contribution in [2.75, 3.05) is 19.7 Å². The molecule has 1 saturated heterocycles. The molecule has 0 saturated carbocycles. The van der Waals surface area contributed by atoms with Crippen molar-refractivity contribution in [3.63, 3.8) is 0 Å². The van der Waals surface area contributed by atoms with E-state index in [4.69, 9.17) is 20.6 Å². The second-order valence-electron chi connectivity index (χ2n) is 8.43. The van der Waals surface area contributed by atoms with Crippen LogP contribution < -0.4 is 15.8 Å². The van der Waals surface area contributed by atoms with Crippen molar-refractivity contribution in [1.29, 1.82) is 5.41 Å². The van der Waals surface area contributed by atoms with Gasteiger partial charge in [-0.15, -0.1) is 0 Å². The number of halogens is 1. The molecule has 3 aromatic rings. The predicted octanol–water partition coefficient (Wildman–Crippen LogP) is 2.73. The van der Waals surface area contributed by atoms with Crippen LogP contribution in [0.1, 0.15) is 28.8 Å². The van der Waals surface area contributed by atoms with Gasteiger partial charge in [-0.3, -0.25) is 20.5 Å². The fraction of sp³-hybridized carbons (Fsp3) is 0.280. The first-order valence-corrected chi connectivity index (χ1v) is 11.6. The van der Waals surface area contributed by atoms with Crippen LogP contribution in [0.4, 0.5) is 9.18 Å². The number of rotatable bonds is 7. The van der Waals surface area contributed by atoms with Crippen LogP contribution in [0.15, 0.2) is 55.1 Å². The maximum absolute atomic E-state index is 15.0. The summed E-state index contributed by atoms with van der Waals surface area (Å²) in [5.74, 6) is -0.884. The molecule has 2 amide bonds. The third-order valence-corrected chi connectivity index (χ3v) is 5.89. The molecule has 0 spiro atoms. The van der Waals surface area contributed by atoms with E-state index in [1.807, 2.05) is 10.2 Å².